The summed E-state index contributed by atoms with van der Waals surface area (Å²) in [6.07, 6.45) is 5.65. The van der Waals surface area contributed by atoms with Crippen LogP contribution in [0, 0.1) is 0 Å². The molecule has 2 rings (SSSR count). The van der Waals surface area contributed by atoms with Crippen LogP contribution in [0.25, 0.3) is 0 Å². The van der Waals surface area contributed by atoms with E-state index in [4.69, 9.17) is 0 Å². The molecule has 0 radical (unpaired) electrons. The van der Waals surface area contributed by atoms with E-state index in [1.54, 1.807) is 9.34 Å². The minimum atomic E-state index is -4.42. The van der Waals surface area contributed by atoms with Crippen LogP contribution in [0.1, 0.15) is 45.4 Å². The van der Waals surface area contributed by atoms with Gasteiger partial charge in [-0.3, -0.25) is 9.13 Å². The Morgan fingerprint density at radius 3 is 1.59 bits per heavy atom. The zero-order valence-corrected chi connectivity index (χ0v) is 15.3. The van der Waals surface area contributed by atoms with Gasteiger partial charge in [0.25, 0.3) is 7.44 Å². The van der Waals surface area contributed by atoms with E-state index in [1.165, 1.54) is 6.92 Å². The largest absolute Gasteiger partial charge is 0.369 e. The number of piperidine rings is 2. The van der Waals surface area contributed by atoms with E-state index in [1.807, 2.05) is 0 Å². The summed E-state index contributed by atoms with van der Waals surface area (Å²) in [6.45, 7) is 3.50. The summed E-state index contributed by atoms with van der Waals surface area (Å²) >= 11 is 0. The lowest BCUT2D eigenvalue weighted by Crippen LogP contribution is -2.46. The highest BCUT2D eigenvalue weighted by molar-refractivity contribution is 7.75. The average Bonchev–Trinajstić information content (AvgIpc) is 2.55. The molecule has 2 fully saturated rings. The smallest absolute Gasteiger partial charge is 0.369 e. The Morgan fingerprint density at radius 2 is 1.27 bits per heavy atom. The Labute approximate surface area is 132 Å². The van der Waals surface area contributed by atoms with Crippen molar-refractivity contribution >= 4 is 15.0 Å². The Kier molecular flexibility index (Phi) is 5.93. The highest BCUT2D eigenvalue weighted by atomic mass is 31.2. The molecule has 130 valence electrons. The van der Waals surface area contributed by atoms with Gasteiger partial charge in [0.05, 0.1) is 0 Å². The van der Waals surface area contributed by atoms with Crippen LogP contribution in [0.3, 0.4) is 0 Å². The van der Waals surface area contributed by atoms with Crippen LogP contribution in [0.4, 0.5) is 0 Å². The Bertz CT molecular complexity index is 451. The molecule has 0 aliphatic carbocycles. The molecule has 0 aromatic heterocycles. The van der Waals surface area contributed by atoms with Gasteiger partial charge in [0.2, 0.25) is 5.08 Å². The normalized spacial score (nSPS) is 28.0. The van der Waals surface area contributed by atoms with Gasteiger partial charge in [0.1, 0.15) is 0 Å². The Morgan fingerprint density at radius 1 is 0.909 bits per heavy atom. The van der Waals surface area contributed by atoms with Crippen molar-refractivity contribution in [1.82, 2.24) is 9.34 Å². The molecule has 2 heterocycles. The van der Waals surface area contributed by atoms with Gasteiger partial charge >= 0.3 is 7.60 Å². The van der Waals surface area contributed by atoms with Crippen LogP contribution >= 0.6 is 15.0 Å². The van der Waals surface area contributed by atoms with Gasteiger partial charge in [-0.15, -0.1) is 0 Å². The standard InChI is InChI=1S/C13H28N2O5P2/c1-13(16,22(18,19)20-2)21(17,14-9-5-3-6-10-14)15-11-7-4-8-12-15/h16H,3-12H2,1-2H3,(H,18,19). The van der Waals surface area contributed by atoms with Gasteiger partial charge in [-0.05, 0) is 32.6 Å². The molecular weight excluding hydrogens is 326 g/mol. The fourth-order valence-corrected chi connectivity index (χ4v) is 9.10. The second-order valence-corrected chi connectivity index (χ2v) is 12.0. The molecule has 0 spiro atoms. The van der Waals surface area contributed by atoms with Crippen molar-refractivity contribution in [2.75, 3.05) is 33.3 Å². The van der Waals surface area contributed by atoms with E-state index in [9.17, 15) is 19.1 Å². The van der Waals surface area contributed by atoms with Gasteiger partial charge in [0, 0.05) is 33.3 Å². The van der Waals surface area contributed by atoms with E-state index in [2.05, 4.69) is 4.52 Å². The third-order valence-electron chi connectivity index (χ3n) is 4.77. The van der Waals surface area contributed by atoms with Crippen molar-refractivity contribution in [2.24, 2.45) is 0 Å². The Hall–Kier alpha value is 0.260. The van der Waals surface area contributed by atoms with Crippen molar-refractivity contribution in [3.05, 3.63) is 0 Å². The summed E-state index contributed by atoms with van der Waals surface area (Å²) in [4.78, 5) is 10.1. The molecule has 0 amide bonds. The third-order valence-corrected chi connectivity index (χ3v) is 11.3. The molecule has 2 N–H and O–H groups in total. The van der Waals surface area contributed by atoms with E-state index < -0.39 is 20.1 Å². The van der Waals surface area contributed by atoms with Crippen molar-refractivity contribution < 1.29 is 23.7 Å². The molecule has 0 saturated carbocycles. The lowest BCUT2D eigenvalue weighted by Gasteiger charge is -2.48. The summed E-state index contributed by atoms with van der Waals surface area (Å²) in [5.41, 5.74) is 0. The molecule has 22 heavy (non-hydrogen) atoms. The van der Waals surface area contributed by atoms with Crippen LogP contribution in [0.15, 0.2) is 0 Å². The number of hydrogen-bond donors (Lipinski definition) is 2. The van der Waals surface area contributed by atoms with Gasteiger partial charge in [-0.25, -0.2) is 9.34 Å². The number of rotatable bonds is 5. The van der Waals surface area contributed by atoms with Crippen LogP contribution in [-0.4, -0.2) is 57.7 Å². The van der Waals surface area contributed by atoms with E-state index >= 15 is 0 Å². The molecule has 0 aromatic carbocycles. The van der Waals surface area contributed by atoms with Crippen LogP contribution < -0.4 is 0 Å². The first-order valence-electron chi connectivity index (χ1n) is 7.99. The van der Waals surface area contributed by atoms with Crippen molar-refractivity contribution in [2.45, 2.75) is 50.5 Å². The zero-order chi connectivity index (χ0) is 16.4. The van der Waals surface area contributed by atoms with Crippen molar-refractivity contribution in [3.8, 4) is 0 Å². The minimum Gasteiger partial charge on any atom is -0.369 e. The molecule has 2 aliphatic rings. The summed E-state index contributed by atoms with van der Waals surface area (Å²) in [7, 11) is -6.97. The predicted molar refractivity (Wildman–Crippen MR) is 85.9 cm³/mol. The van der Waals surface area contributed by atoms with Crippen LogP contribution in [0.2, 0.25) is 0 Å². The average molecular weight is 354 g/mol. The number of nitrogens with zero attached hydrogens (tertiary/aromatic N) is 2. The summed E-state index contributed by atoms with van der Waals surface area (Å²) < 4.78 is 34.5. The van der Waals surface area contributed by atoms with Gasteiger partial charge < -0.3 is 14.5 Å². The first kappa shape index (κ1) is 18.6. The van der Waals surface area contributed by atoms with E-state index in [0.29, 0.717) is 26.2 Å². The molecule has 2 atom stereocenters. The van der Waals surface area contributed by atoms with Gasteiger partial charge in [0.15, 0.2) is 0 Å². The predicted octanol–water partition coefficient (Wildman–Crippen LogP) is 2.65. The van der Waals surface area contributed by atoms with Crippen molar-refractivity contribution in [3.63, 3.8) is 0 Å². The molecular formula is C13H28N2O5P2. The first-order valence-corrected chi connectivity index (χ1v) is 11.2. The second kappa shape index (κ2) is 7.02. The highest BCUT2D eigenvalue weighted by Crippen LogP contribution is 2.76. The SMILES string of the molecule is COP(=O)(O)C(C)(O)P(=O)(N1CCCCC1)N1CCCCC1. The third kappa shape index (κ3) is 3.10. The summed E-state index contributed by atoms with van der Waals surface area (Å²) in [6, 6.07) is 0. The van der Waals surface area contributed by atoms with E-state index in [-0.39, 0.29) is 0 Å². The topological polar surface area (TPSA) is 90.3 Å². The molecule has 0 bridgehead atoms. The van der Waals surface area contributed by atoms with Gasteiger partial charge in [-0.2, -0.15) is 0 Å². The van der Waals surface area contributed by atoms with E-state index in [0.717, 1.165) is 45.6 Å². The molecule has 2 unspecified atom stereocenters. The molecule has 9 heteroatoms. The fraction of sp³-hybridized carbons (Fsp3) is 1.00. The Balaban J connectivity index is 2.44. The van der Waals surface area contributed by atoms with Crippen molar-refractivity contribution in [1.29, 1.82) is 0 Å². The number of aliphatic hydroxyl groups is 1. The lowest BCUT2D eigenvalue weighted by molar-refractivity contribution is 0.137. The lowest BCUT2D eigenvalue weighted by atomic mass is 10.2. The van der Waals surface area contributed by atoms with Crippen LogP contribution in [0.5, 0.6) is 0 Å². The van der Waals surface area contributed by atoms with Crippen LogP contribution in [-0.2, 0) is 13.7 Å². The molecule has 2 aliphatic heterocycles. The molecule has 2 saturated heterocycles. The second-order valence-electron chi connectivity index (χ2n) is 6.25. The maximum atomic E-state index is 13.9. The molecule has 0 aromatic rings. The summed E-state index contributed by atoms with van der Waals surface area (Å²) in [5.74, 6) is 0. The zero-order valence-electron chi connectivity index (χ0n) is 13.5. The monoisotopic (exact) mass is 354 g/mol. The molecule has 7 nitrogen and oxygen atoms in total. The first-order chi connectivity index (χ1) is 10.3. The van der Waals surface area contributed by atoms with Gasteiger partial charge in [-0.1, -0.05) is 12.8 Å². The minimum absolute atomic E-state index is 0.577. The maximum absolute atomic E-state index is 13.9. The maximum Gasteiger partial charge on any atom is 0.369 e. The quantitative estimate of drug-likeness (QED) is 0.734. The fourth-order valence-electron chi connectivity index (χ4n) is 3.35. The summed E-state index contributed by atoms with van der Waals surface area (Å²) in [5, 5.41) is 8.59. The highest BCUT2D eigenvalue weighted by Gasteiger charge is 2.62. The number of hydrogen-bond acceptors (Lipinski definition) is 4.